The SMILES string of the molecule is C[C@H]1CCCC[C@@]12NC(=O)N(CC(=O)OCC(=O)Nc1ccc(F)c(F)c1)C2=O. The number of esters is 1. The predicted octanol–water partition coefficient (Wildman–Crippen LogP) is 1.95. The Morgan fingerprint density at radius 2 is 2.03 bits per heavy atom. The minimum atomic E-state index is -1.13. The molecule has 0 aromatic heterocycles. The van der Waals surface area contributed by atoms with Crippen molar-refractivity contribution in [3.8, 4) is 0 Å². The van der Waals surface area contributed by atoms with Crippen molar-refractivity contribution in [2.24, 2.45) is 5.92 Å². The molecule has 1 saturated heterocycles. The third-order valence-corrected chi connectivity index (χ3v) is 5.36. The number of nitrogens with zero attached hydrogens (tertiary/aromatic N) is 1. The number of anilines is 1. The summed E-state index contributed by atoms with van der Waals surface area (Å²) >= 11 is 0. The zero-order valence-electron chi connectivity index (χ0n) is 15.8. The number of ether oxygens (including phenoxy) is 1. The lowest BCUT2D eigenvalue weighted by Crippen LogP contribution is -2.54. The van der Waals surface area contributed by atoms with Crippen molar-refractivity contribution in [2.45, 2.75) is 38.1 Å². The molecule has 3 rings (SSSR count). The van der Waals surface area contributed by atoms with Crippen LogP contribution in [-0.4, -0.2) is 47.4 Å². The topological polar surface area (TPSA) is 105 Å². The van der Waals surface area contributed by atoms with Crippen LogP contribution in [0.4, 0.5) is 19.3 Å². The molecule has 0 radical (unpaired) electrons. The van der Waals surface area contributed by atoms with Crippen LogP contribution in [0.15, 0.2) is 18.2 Å². The van der Waals surface area contributed by atoms with E-state index in [1.54, 1.807) is 0 Å². The smallest absolute Gasteiger partial charge is 0.326 e. The van der Waals surface area contributed by atoms with Gasteiger partial charge in [-0.2, -0.15) is 0 Å². The number of imide groups is 1. The van der Waals surface area contributed by atoms with Gasteiger partial charge in [-0.3, -0.25) is 19.3 Å². The van der Waals surface area contributed by atoms with Crippen LogP contribution in [0.1, 0.15) is 32.6 Å². The number of halogens is 2. The second-order valence-corrected chi connectivity index (χ2v) is 7.28. The number of rotatable bonds is 5. The Morgan fingerprint density at radius 1 is 1.28 bits per heavy atom. The van der Waals surface area contributed by atoms with Gasteiger partial charge in [-0.05, 0) is 30.9 Å². The third kappa shape index (κ3) is 4.20. The number of benzene rings is 1. The predicted molar refractivity (Wildman–Crippen MR) is 96.6 cm³/mol. The normalized spacial score (nSPS) is 23.8. The van der Waals surface area contributed by atoms with E-state index in [-0.39, 0.29) is 11.6 Å². The molecule has 29 heavy (non-hydrogen) atoms. The Bertz CT molecular complexity index is 862. The summed E-state index contributed by atoms with van der Waals surface area (Å²) in [6.45, 7) is 0.572. The number of hydrogen-bond donors (Lipinski definition) is 2. The monoisotopic (exact) mass is 409 g/mol. The standard InChI is InChI=1S/C19H21F2N3O5/c1-11-4-2-3-7-19(11)17(27)24(18(28)23-19)9-16(26)29-10-15(25)22-12-5-6-13(20)14(21)8-12/h5-6,8,11H,2-4,7,9-10H2,1H3,(H,22,25)(H,23,28)/t11-,19+/m0/s1. The van der Waals surface area contributed by atoms with Crippen molar-refractivity contribution in [3.05, 3.63) is 29.8 Å². The largest absolute Gasteiger partial charge is 0.454 e. The first-order chi connectivity index (χ1) is 13.7. The van der Waals surface area contributed by atoms with Crippen LogP contribution in [0.5, 0.6) is 0 Å². The highest BCUT2D eigenvalue weighted by Gasteiger charge is 2.55. The van der Waals surface area contributed by atoms with E-state index in [0.29, 0.717) is 6.42 Å². The zero-order valence-corrected chi connectivity index (χ0v) is 15.8. The van der Waals surface area contributed by atoms with Gasteiger partial charge < -0.3 is 15.4 Å². The highest BCUT2D eigenvalue weighted by molar-refractivity contribution is 6.09. The van der Waals surface area contributed by atoms with Gasteiger partial charge in [0.2, 0.25) is 0 Å². The molecule has 0 unspecified atom stereocenters. The van der Waals surface area contributed by atoms with Gasteiger partial charge >= 0.3 is 12.0 Å². The molecule has 1 aliphatic heterocycles. The number of nitrogens with one attached hydrogen (secondary N) is 2. The van der Waals surface area contributed by atoms with E-state index in [1.807, 2.05) is 6.92 Å². The van der Waals surface area contributed by atoms with E-state index in [0.717, 1.165) is 42.4 Å². The second kappa shape index (κ2) is 8.14. The number of hydrogen-bond acceptors (Lipinski definition) is 5. The molecule has 1 aliphatic carbocycles. The molecule has 1 aromatic carbocycles. The van der Waals surface area contributed by atoms with Crippen LogP contribution in [0.2, 0.25) is 0 Å². The molecule has 1 heterocycles. The Balaban J connectivity index is 1.52. The highest BCUT2D eigenvalue weighted by atomic mass is 19.2. The Labute approximate surface area is 165 Å². The summed E-state index contributed by atoms with van der Waals surface area (Å²) in [7, 11) is 0. The number of carbonyl (C=O) groups excluding carboxylic acids is 4. The Hall–Kier alpha value is -3.04. The Morgan fingerprint density at radius 3 is 2.72 bits per heavy atom. The maximum atomic E-state index is 13.1. The maximum absolute atomic E-state index is 13.1. The van der Waals surface area contributed by atoms with Gasteiger partial charge in [-0.25, -0.2) is 13.6 Å². The molecule has 1 aromatic rings. The van der Waals surface area contributed by atoms with E-state index in [4.69, 9.17) is 4.74 Å². The first-order valence-corrected chi connectivity index (χ1v) is 9.27. The van der Waals surface area contributed by atoms with Gasteiger partial charge in [0.05, 0.1) is 0 Å². The van der Waals surface area contributed by atoms with E-state index in [9.17, 15) is 28.0 Å². The fourth-order valence-electron chi connectivity index (χ4n) is 3.73. The lowest BCUT2D eigenvalue weighted by atomic mass is 9.73. The molecule has 1 saturated carbocycles. The van der Waals surface area contributed by atoms with Crippen molar-refractivity contribution in [1.82, 2.24) is 10.2 Å². The fourth-order valence-corrected chi connectivity index (χ4v) is 3.73. The molecule has 10 heteroatoms. The van der Waals surface area contributed by atoms with Gasteiger partial charge in [0.1, 0.15) is 12.1 Å². The average molecular weight is 409 g/mol. The van der Waals surface area contributed by atoms with Crippen molar-refractivity contribution in [1.29, 1.82) is 0 Å². The lowest BCUT2D eigenvalue weighted by Gasteiger charge is -2.36. The van der Waals surface area contributed by atoms with Crippen LogP contribution in [0.3, 0.4) is 0 Å². The van der Waals surface area contributed by atoms with Crippen LogP contribution in [-0.2, 0) is 19.1 Å². The summed E-state index contributed by atoms with van der Waals surface area (Å²) in [5.74, 6) is -4.42. The van der Waals surface area contributed by atoms with Gasteiger partial charge in [-0.1, -0.05) is 19.8 Å². The van der Waals surface area contributed by atoms with Crippen molar-refractivity contribution in [3.63, 3.8) is 0 Å². The molecule has 2 aliphatic rings. The van der Waals surface area contributed by atoms with Crippen molar-refractivity contribution < 1.29 is 32.7 Å². The molecule has 8 nitrogen and oxygen atoms in total. The van der Waals surface area contributed by atoms with Gasteiger partial charge in [0.15, 0.2) is 18.2 Å². The Kier molecular flexibility index (Phi) is 5.81. The molecule has 156 valence electrons. The number of urea groups is 1. The summed E-state index contributed by atoms with van der Waals surface area (Å²) in [5.41, 5.74) is -0.994. The lowest BCUT2D eigenvalue weighted by molar-refractivity contribution is -0.150. The van der Waals surface area contributed by atoms with Gasteiger partial charge in [-0.15, -0.1) is 0 Å². The minimum Gasteiger partial charge on any atom is -0.454 e. The van der Waals surface area contributed by atoms with Crippen molar-refractivity contribution >= 4 is 29.5 Å². The van der Waals surface area contributed by atoms with E-state index in [2.05, 4.69) is 10.6 Å². The quantitative estimate of drug-likeness (QED) is 0.571. The molecule has 2 atom stereocenters. The molecule has 1 spiro atoms. The summed E-state index contributed by atoms with van der Waals surface area (Å²) < 4.78 is 30.8. The average Bonchev–Trinajstić information content (AvgIpc) is 2.90. The molecular weight excluding hydrogens is 388 g/mol. The third-order valence-electron chi connectivity index (χ3n) is 5.36. The summed E-state index contributed by atoms with van der Waals surface area (Å²) in [6, 6.07) is 2.12. The van der Waals surface area contributed by atoms with Gasteiger partial charge in [0, 0.05) is 11.8 Å². The summed E-state index contributed by atoms with van der Waals surface area (Å²) in [6.07, 6.45) is 3.09. The van der Waals surface area contributed by atoms with Crippen molar-refractivity contribution in [2.75, 3.05) is 18.5 Å². The van der Waals surface area contributed by atoms with Crippen LogP contribution in [0.25, 0.3) is 0 Å². The maximum Gasteiger partial charge on any atom is 0.326 e. The molecular formula is C19H21F2N3O5. The number of carbonyl (C=O) groups is 4. The summed E-state index contributed by atoms with van der Waals surface area (Å²) in [5, 5.41) is 4.96. The molecule has 0 bridgehead atoms. The number of amides is 4. The summed E-state index contributed by atoms with van der Waals surface area (Å²) in [4.78, 5) is 49.6. The van der Waals surface area contributed by atoms with Crippen LogP contribution < -0.4 is 10.6 Å². The molecule has 4 amide bonds. The van der Waals surface area contributed by atoms with E-state index >= 15 is 0 Å². The molecule has 2 fully saturated rings. The fraction of sp³-hybridized carbons (Fsp3) is 0.474. The highest BCUT2D eigenvalue weighted by Crippen LogP contribution is 2.38. The molecule has 2 N–H and O–H groups in total. The minimum absolute atomic E-state index is 0.00715. The zero-order chi connectivity index (χ0) is 21.2. The first kappa shape index (κ1) is 20.7. The second-order valence-electron chi connectivity index (χ2n) is 7.28. The first-order valence-electron chi connectivity index (χ1n) is 9.27. The van der Waals surface area contributed by atoms with Crippen LogP contribution >= 0.6 is 0 Å². The van der Waals surface area contributed by atoms with Crippen LogP contribution in [0, 0.1) is 17.6 Å². The van der Waals surface area contributed by atoms with E-state index < -0.39 is 54.1 Å². The van der Waals surface area contributed by atoms with E-state index in [1.165, 1.54) is 0 Å². The van der Waals surface area contributed by atoms with Gasteiger partial charge in [0.25, 0.3) is 11.8 Å².